The first-order valence-electron chi connectivity index (χ1n) is 11.8. The molecule has 0 atom stereocenters. The van der Waals surface area contributed by atoms with Crippen molar-refractivity contribution in [2.24, 2.45) is 0 Å². The molecule has 2 aliphatic heterocycles. The summed E-state index contributed by atoms with van der Waals surface area (Å²) < 4.78 is 0. The minimum absolute atomic E-state index is 0.791. The van der Waals surface area contributed by atoms with Crippen molar-refractivity contribution in [3.8, 4) is 23.7 Å². The van der Waals surface area contributed by atoms with Crippen LogP contribution in [0.25, 0.3) is 0 Å². The first-order chi connectivity index (χ1) is 17.1. The van der Waals surface area contributed by atoms with Crippen LogP contribution in [-0.2, 0) is 13.1 Å². The summed E-state index contributed by atoms with van der Waals surface area (Å²) in [7, 11) is 0. The molecule has 4 nitrogen and oxygen atoms in total. The third-order valence-corrected chi connectivity index (χ3v) is 6.45. The molecule has 0 saturated heterocycles. The number of anilines is 2. The number of nitrogens with zero attached hydrogens (tertiary/aromatic N) is 4. The molecule has 2 aliphatic rings. The van der Waals surface area contributed by atoms with Gasteiger partial charge in [0, 0.05) is 48.0 Å². The van der Waals surface area contributed by atoms with E-state index < -0.39 is 0 Å². The Morgan fingerprint density at radius 3 is 1.54 bits per heavy atom. The second-order valence-electron chi connectivity index (χ2n) is 9.07. The zero-order valence-electron chi connectivity index (χ0n) is 19.8. The average Bonchev–Trinajstić information content (AvgIpc) is 2.87. The van der Waals surface area contributed by atoms with Gasteiger partial charge < -0.3 is 9.80 Å². The zero-order chi connectivity index (χ0) is 23.8. The van der Waals surface area contributed by atoms with E-state index in [0.29, 0.717) is 0 Å². The summed E-state index contributed by atoms with van der Waals surface area (Å²) in [6.07, 6.45) is 3.55. The number of pyridine rings is 2. The van der Waals surface area contributed by atoms with Gasteiger partial charge in [-0.05, 0) is 96.5 Å². The fraction of sp³-hybridized carbons (Fsp3) is 0.161. The summed E-state index contributed by atoms with van der Waals surface area (Å²) in [6.45, 7) is 7.03. The maximum absolute atomic E-state index is 4.32. The Labute approximate surface area is 206 Å². The highest BCUT2D eigenvalue weighted by molar-refractivity contribution is 5.73. The number of hydrogen-bond acceptors (Lipinski definition) is 4. The lowest BCUT2D eigenvalue weighted by atomic mass is 9.94. The molecular weight excluding hydrogens is 428 g/mol. The van der Waals surface area contributed by atoms with Crippen LogP contribution in [0.5, 0.6) is 0 Å². The van der Waals surface area contributed by atoms with Crippen LogP contribution >= 0.6 is 0 Å². The topological polar surface area (TPSA) is 32.3 Å². The van der Waals surface area contributed by atoms with Gasteiger partial charge in [-0.25, -0.2) is 9.97 Å². The molecule has 35 heavy (non-hydrogen) atoms. The van der Waals surface area contributed by atoms with Crippen molar-refractivity contribution in [2.45, 2.75) is 26.9 Å². The fourth-order valence-electron chi connectivity index (χ4n) is 5.16. The number of benzene rings is 2. The number of fused-ring (bicyclic) bond motifs is 6. The maximum atomic E-state index is 4.32. The number of hydrogen-bond donors (Lipinski definition) is 0. The van der Waals surface area contributed by atoms with Crippen molar-refractivity contribution in [1.82, 2.24) is 9.97 Å². The van der Waals surface area contributed by atoms with Crippen LogP contribution in [0.2, 0.25) is 0 Å². The van der Waals surface area contributed by atoms with E-state index in [-0.39, 0.29) is 0 Å². The molecule has 168 valence electrons. The Balaban J connectivity index is 1.33. The van der Waals surface area contributed by atoms with Crippen molar-refractivity contribution in [2.75, 3.05) is 16.5 Å². The summed E-state index contributed by atoms with van der Waals surface area (Å²) in [5.74, 6) is 13.0. The smallest absolute Gasteiger partial charge is 0.113 e. The van der Waals surface area contributed by atoms with Crippen molar-refractivity contribution < 1.29 is 0 Å². The van der Waals surface area contributed by atoms with Gasteiger partial charge in [-0.15, -0.1) is 0 Å². The van der Waals surface area contributed by atoms with Crippen molar-refractivity contribution >= 4 is 11.4 Å². The van der Waals surface area contributed by atoms with Gasteiger partial charge in [0.15, 0.2) is 0 Å². The molecule has 2 aromatic heterocycles. The summed E-state index contributed by atoms with van der Waals surface area (Å²) in [5.41, 5.74) is 11.5. The Morgan fingerprint density at radius 2 is 1.11 bits per heavy atom. The highest BCUT2D eigenvalue weighted by Crippen LogP contribution is 2.41. The Bertz CT molecular complexity index is 1430. The quantitative estimate of drug-likeness (QED) is 0.344. The highest BCUT2D eigenvalue weighted by Gasteiger charge is 2.31. The van der Waals surface area contributed by atoms with E-state index >= 15 is 0 Å². The van der Waals surface area contributed by atoms with Crippen LogP contribution < -0.4 is 9.80 Å². The molecule has 0 fully saturated rings. The third-order valence-electron chi connectivity index (χ3n) is 6.45. The number of aryl methyl sites for hydroxylation is 2. The van der Waals surface area contributed by atoms with Crippen LogP contribution in [0.15, 0.2) is 73.1 Å². The normalized spacial score (nSPS) is 13.1. The highest BCUT2D eigenvalue weighted by atomic mass is 15.4. The molecule has 4 aromatic rings. The lowest BCUT2D eigenvalue weighted by Crippen LogP contribution is -2.46. The predicted molar refractivity (Wildman–Crippen MR) is 140 cm³/mol. The summed E-state index contributed by atoms with van der Waals surface area (Å²) >= 11 is 0. The van der Waals surface area contributed by atoms with Gasteiger partial charge >= 0.3 is 0 Å². The van der Waals surface area contributed by atoms with Crippen LogP contribution in [0.4, 0.5) is 11.4 Å². The summed E-state index contributed by atoms with van der Waals surface area (Å²) in [4.78, 5) is 13.6. The van der Waals surface area contributed by atoms with Crippen molar-refractivity contribution in [3.63, 3.8) is 0 Å². The molecule has 2 bridgehead atoms. The van der Waals surface area contributed by atoms with E-state index in [1.807, 2.05) is 36.4 Å². The Hall–Kier alpha value is -4.54. The van der Waals surface area contributed by atoms with Gasteiger partial charge in [0.05, 0.1) is 6.67 Å². The largest absolute Gasteiger partial charge is 0.349 e. The Kier molecular flexibility index (Phi) is 5.21. The van der Waals surface area contributed by atoms with Gasteiger partial charge in [0.25, 0.3) is 0 Å². The van der Waals surface area contributed by atoms with E-state index in [1.54, 1.807) is 12.4 Å². The predicted octanol–water partition coefficient (Wildman–Crippen LogP) is 5.19. The molecule has 0 radical (unpaired) electrons. The molecular formula is C31H24N4. The fourth-order valence-corrected chi connectivity index (χ4v) is 5.16. The molecule has 0 N–H and O–H groups in total. The summed E-state index contributed by atoms with van der Waals surface area (Å²) in [6, 6.07) is 20.5. The standard InChI is InChI=1S/C31H24N4/c1-22-15-24(9-11-28-7-3-5-13-32-28)17-26-19-35-21-34(30(22)26)20-27-18-25(16-23(2)31(27)35)10-12-29-8-4-6-14-33-29/h3-8,13-18H,19-21H2,1-2H3. The number of rotatable bonds is 0. The minimum Gasteiger partial charge on any atom is -0.349 e. The van der Waals surface area contributed by atoms with Gasteiger partial charge in [0.2, 0.25) is 0 Å². The van der Waals surface area contributed by atoms with E-state index in [1.165, 1.54) is 33.6 Å². The lowest BCUT2D eigenvalue weighted by molar-refractivity contribution is 0.646. The van der Waals surface area contributed by atoms with Gasteiger partial charge in [-0.1, -0.05) is 24.0 Å². The first-order valence-corrected chi connectivity index (χ1v) is 11.8. The van der Waals surface area contributed by atoms with Crippen LogP contribution in [0.3, 0.4) is 0 Å². The van der Waals surface area contributed by atoms with Crippen LogP contribution in [-0.4, -0.2) is 16.6 Å². The van der Waals surface area contributed by atoms with Gasteiger partial charge in [0.1, 0.15) is 11.4 Å². The van der Waals surface area contributed by atoms with E-state index in [9.17, 15) is 0 Å². The molecule has 0 saturated carbocycles. The Morgan fingerprint density at radius 1 is 0.629 bits per heavy atom. The second kappa shape index (κ2) is 8.67. The lowest BCUT2D eigenvalue weighted by Gasteiger charge is -2.46. The molecule has 0 spiro atoms. The van der Waals surface area contributed by atoms with Crippen molar-refractivity contribution in [1.29, 1.82) is 0 Å². The van der Waals surface area contributed by atoms with E-state index in [4.69, 9.17) is 0 Å². The number of aromatic nitrogens is 2. The zero-order valence-corrected chi connectivity index (χ0v) is 19.8. The SMILES string of the molecule is Cc1cc(C#Cc2ccccn2)cc2c1N1Cc3cc(C#Cc4ccccn4)cc(C)c3N(C2)C1. The monoisotopic (exact) mass is 452 g/mol. The van der Waals surface area contributed by atoms with Crippen LogP contribution in [0.1, 0.15) is 44.8 Å². The van der Waals surface area contributed by atoms with E-state index in [2.05, 4.69) is 81.6 Å². The third kappa shape index (κ3) is 4.12. The van der Waals surface area contributed by atoms with E-state index in [0.717, 1.165) is 42.3 Å². The second-order valence-corrected chi connectivity index (χ2v) is 9.07. The molecule has 4 heterocycles. The molecule has 0 unspecified atom stereocenters. The molecule has 6 rings (SSSR count). The molecule has 4 heteroatoms. The average molecular weight is 453 g/mol. The molecule has 0 aliphatic carbocycles. The first kappa shape index (κ1) is 21.0. The summed E-state index contributed by atoms with van der Waals surface area (Å²) in [5, 5.41) is 0. The van der Waals surface area contributed by atoms with Gasteiger partial charge in [-0.3, -0.25) is 0 Å². The molecule has 0 amide bonds. The minimum atomic E-state index is 0.791. The van der Waals surface area contributed by atoms with Crippen LogP contribution in [0, 0.1) is 37.5 Å². The maximum Gasteiger partial charge on any atom is 0.113 e. The van der Waals surface area contributed by atoms with Crippen molar-refractivity contribution in [3.05, 3.63) is 118 Å². The molecule has 2 aromatic carbocycles. The van der Waals surface area contributed by atoms with Gasteiger partial charge in [-0.2, -0.15) is 0 Å².